The molecular formula is C23H28ClN3O7S. The van der Waals surface area contributed by atoms with Crippen LogP contribution >= 0.6 is 11.6 Å². The van der Waals surface area contributed by atoms with Crippen LogP contribution < -0.4 is 5.32 Å². The highest BCUT2D eigenvalue weighted by molar-refractivity contribution is 7.89. The van der Waals surface area contributed by atoms with Crippen molar-refractivity contribution in [3.63, 3.8) is 0 Å². The second-order valence-corrected chi connectivity index (χ2v) is 10.4. The number of nitrogens with one attached hydrogen (secondary N) is 2. The molecule has 2 aromatic rings. The number of aromatic nitrogens is 1. The minimum atomic E-state index is -3.72. The third kappa shape index (κ3) is 6.03. The van der Waals surface area contributed by atoms with E-state index in [2.05, 4.69) is 10.3 Å². The molecule has 1 amide bonds. The van der Waals surface area contributed by atoms with Crippen LogP contribution in [0.5, 0.6) is 0 Å². The first kappa shape index (κ1) is 26.7. The first-order valence-corrected chi connectivity index (χ1v) is 13.0. The number of piperidine rings is 1. The fraction of sp³-hybridized carbons (Fsp3) is 0.435. The van der Waals surface area contributed by atoms with E-state index >= 15 is 0 Å². The minimum absolute atomic E-state index is 0.0140. The van der Waals surface area contributed by atoms with Crippen LogP contribution in [0.1, 0.15) is 58.3 Å². The molecular weight excluding hydrogens is 498 g/mol. The molecule has 0 radical (unpaired) electrons. The van der Waals surface area contributed by atoms with Crippen LogP contribution in [0.25, 0.3) is 0 Å². The number of amides is 1. The van der Waals surface area contributed by atoms with E-state index in [0.717, 1.165) is 19.3 Å². The van der Waals surface area contributed by atoms with E-state index in [1.54, 1.807) is 20.8 Å². The molecule has 12 heteroatoms. The Morgan fingerprint density at radius 3 is 2.43 bits per heavy atom. The van der Waals surface area contributed by atoms with Gasteiger partial charge in [0.2, 0.25) is 10.0 Å². The van der Waals surface area contributed by atoms with E-state index in [9.17, 15) is 22.8 Å². The van der Waals surface area contributed by atoms with Gasteiger partial charge in [-0.05, 0) is 57.4 Å². The normalized spacial score (nSPS) is 14.4. The number of rotatable bonds is 8. The predicted octanol–water partition coefficient (Wildman–Crippen LogP) is 3.43. The van der Waals surface area contributed by atoms with Gasteiger partial charge in [0, 0.05) is 18.8 Å². The molecule has 0 spiro atoms. The van der Waals surface area contributed by atoms with Crippen molar-refractivity contribution in [2.75, 3.05) is 31.6 Å². The van der Waals surface area contributed by atoms with Crippen molar-refractivity contribution in [1.82, 2.24) is 9.29 Å². The Morgan fingerprint density at radius 2 is 1.77 bits per heavy atom. The van der Waals surface area contributed by atoms with Crippen molar-refractivity contribution >= 4 is 45.2 Å². The number of sulfonamides is 1. The summed E-state index contributed by atoms with van der Waals surface area (Å²) < 4.78 is 37.3. The molecule has 1 fully saturated rings. The summed E-state index contributed by atoms with van der Waals surface area (Å²) in [5.41, 5.74) is 1.15. The van der Waals surface area contributed by atoms with Gasteiger partial charge in [-0.1, -0.05) is 18.0 Å². The largest absolute Gasteiger partial charge is 0.462 e. The zero-order valence-electron chi connectivity index (χ0n) is 19.8. The molecule has 3 rings (SSSR count). The summed E-state index contributed by atoms with van der Waals surface area (Å²) in [6, 6.07) is 4.07. The molecule has 0 unspecified atom stereocenters. The number of nitrogens with zero attached hydrogens (tertiary/aromatic N) is 1. The summed E-state index contributed by atoms with van der Waals surface area (Å²) in [5.74, 6) is -2.10. The number of aryl methyl sites for hydroxylation is 1. The van der Waals surface area contributed by atoms with E-state index in [4.69, 9.17) is 21.1 Å². The Balaban J connectivity index is 1.67. The molecule has 2 N–H and O–H groups in total. The molecule has 1 aliphatic heterocycles. The number of esters is 2. The number of carbonyl (C=O) groups is 3. The van der Waals surface area contributed by atoms with Gasteiger partial charge in [0.15, 0.2) is 6.61 Å². The first-order chi connectivity index (χ1) is 16.6. The summed E-state index contributed by atoms with van der Waals surface area (Å²) in [6.45, 7) is 5.29. The van der Waals surface area contributed by atoms with Crippen molar-refractivity contribution in [3.8, 4) is 0 Å². The van der Waals surface area contributed by atoms with E-state index in [-0.39, 0.29) is 33.5 Å². The summed E-state index contributed by atoms with van der Waals surface area (Å²) in [7, 11) is -3.72. The molecule has 2 heterocycles. The molecule has 1 saturated heterocycles. The lowest BCUT2D eigenvalue weighted by Crippen LogP contribution is -2.35. The molecule has 35 heavy (non-hydrogen) atoms. The van der Waals surface area contributed by atoms with E-state index in [1.165, 1.54) is 22.5 Å². The van der Waals surface area contributed by atoms with Gasteiger partial charge in [0.05, 0.1) is 27.8 Å². The fourth-order valence-corrected chi connectivity index (χ4v) is 5.58. The Hall–Kier alpha value is -2.89. The summed E-state index contributed by atoms with van der Waals surface area (Å²) >= 11 is 6.15. The number of ether oxygens (including phenoxy) is 2. The molecule has 0 bridgehead atoms. The molecule has 10 nitrogen and oxygen atoms in total. The Kier molecular flexibility index (Phi) is 8.57. The number of hydrogen-bond donors (Lipinski definition) is 2. The van der Waals surface area contributed by atoms with Crippen molar-refractivity contribution in [2.45, 2.75) is 44.9 Å². The van der Waals surface area contributed by atoms with E-state index in [0.29, 0.717) is 24.3 Å². The lowest BCUT2D eigenvalue weighted by Gasteiger charge is -2.26. The van der Waals surface area contributed by atoms with Crippen LogP contribution in [0.2, 0.25) is 5.02 Å². The van der Waals surface area contributed by atoms with E-state index < -0.39 is 34.5 Å². The lowest BCUT2D eigenvalue weighted by molar-refractivity contribution is -0.119. The Morgan fingerprint density at radius 1 is 1.09 bits per heavy atom. The van der Waals surface area contributed by atoms with Gasteiger partial charge in [0.1, 0.15) is 5.69 Å². The topological polar surface area (TPSA) is 135 Å². The molecule has 1 aliphatic rings. The number of carbonyl (C=O) groups excluding carboxylic acids is 3. The standard InChI is InChI=1S/C23H28ClN3O7S/c1-4-33-22(29)20-14(2)21(25-15(20)3)23(30)34-13-19(28)26-18-12-16(8-9-17(18)24)35(31,32)27-10-6-5-7-11-27/h8-9,12,25H,4-7,10-11,13H2,1-3H3,(H,26,28). The maximum Gasteiger partial charge on any atom is 0.355 e. The maximum atomic E-state index is 12.9. The second kappa shape index (κ2) is 11.2. The summed E-state index contributed by atoms with van der Waals surface area (Å²) in [5, 5.41) is 2.62. The van der Waals surface area contributed by atoms with Crippen LogP contribution in [0.15, 0.2) is 23.1 Å². The quantitative estimate of drug-likeness (QED) is 0.504. The van der Waals surface area contributed by atoms with Gasteiger partial charge < -0.3 is 19.8 Å². The smallest absolute Gasteiger partial charge is 0.355 e. The van der Waals surface area contributed by atoms with Crippen LogP contribution in [-0.4, -0.2) is 61.9 Å². The van der Waals surface area contributed by atoms with Crippen molar-refractivity contribution in [2.24, 2.45) is 0 Å². The van der Waals surface area contributed by atoms with Crippen LogP contribution in [0.3, 0.4) is 0 Å². The molecule has 1 aromatic heterocycles. The van der Waals surface area contributed by atoms with E-state index in [1.807, 2.05) is 0 Å². The highest BCUT2D eigenvalue weighted by Crippen LogP contribution is 2.28. The Labute approximate surface area is 209 Å². The second-order valence-electron chi connectivity index (χ2n) is 8.08. The predicted molar refractivity (Wildman–Crippen MR) is 129 cm³/mol. The SMILES string of the molecule is CCOC(=O)c1c(C)[nH]c(C(=O)OCC(=O)Nc2cc(S(=O)(=O)N3CCCCC3)ccc2Cl)c1C. The summed E-state index contributed by atoms with van der Waals surface area (Å²) in [6.07, 6.45) is 2.57. The number of hydrogen-bond acceptors (Lipinski definition) is 7. The molecule has 0 atom stereocenters. The average Bonchev–Trinajstić information content (AvgIpc) is 3.13. The third-order valence-electron chi connectivity index (χ3n) is 5.62. The minimum Gasteiger partial charge on any atom is -0.462 e. The monoisotopic (exact) mass is 525 g/mol. The Bertz CT molecular complexity index is 1230. The molecule has 0 saturated carbocycles. The number of anilines is 1. The van der Waals surface area contributed by atoms with Gasteiger partial charge >= 0.3 is 11.9 Å². The zero-order chi connectivity index (χ0) is 25.8. The molecule has 1 aromatic carbocycles. The van der Waals surface area contributed by atoms with Crippen LogP contribution in [0, 0.1) is 13.8 Å². The van der Waals surface area contributed by atoms with Crippen LogP contribution in [-0.2, 0) is 24.3 Å². The zero-order valence-corrected chi connectivity index (χ0v) is 21.3. The number of benzene rings is 1. The number of aromatic amines is 1. The highest BCUT2D eigenvalue weighted by atomic mass is 35.5. The fourth-order valence-electron chi connectivity index (χ4n) is 3.87. The average molecular weight is 526 g/mol. The van der Waals surface area contributed by atoms with Crippen LogP contribution in [0.4, 0.5) is 5.69 Å². The van der Waals surface area contributed by atoms with Gasteiger partial charge in [-0.15, -0.1) is 0 Å². The van der Waals surface area contributed by atoms with Crippen molar-refractivity contribution < 1.29 is 32.3 Å². The highest BCUT2D eigenvalue weighted by Gasteiger charge is 2.27. The van der Waals surface area contributed by atoms with Crippen molar-refractivity contribution in [3.05, 3.63) is 45.7 Å². The maximum absolute atomic E-state index is 12.9. The number of halogens is 1. The van der Waals surface area contributed by atoms with Gasteiger partial charge in [0.25, 0.3) is 5.91 Å². The first-order valence-electron chi connectivity index (χ1n) is 11.2. The van der Waals surface area contributed by atoms with Gasteiger partial charge in [-0.2, -0.15) is 4.31 Å². The third-order valence-corrected chi connectivity index (χ3v) is 7.84. The molecule has 190 valence electrons. The summed E-state index contributed by atoms with van der Waals surface area (Å²) in [4.78, 5) is 39.8. The van der Waals surface area contributed by atoms with Gasteiger partial charge in [-0.25, -0.2) is 18.0 Å². The lowest BCUT2D eigenvalue weighted by atomic mass is 10.1. The number of H-pyrrole nitrogens is 1. The van der Waals surface area contributed by atoms with Crippen molar-refractivity contribution in [1.29, 1.82) is 0 Å². The molecule has 0 aliphatic carbocycles. The van der Waals surface area contributed by atoms with Gasteiger partial charge in [-0.3, -0.25) is 4.79 Å².